The summed E-state index contributed by atoms with van der Waals surface area (Å²) in [5.74, 6) is 0.934. The van der Waals surface area contributed by atoms with Crippen LogP contribution in [0.4, 0.5) is 0 Å². The van der Waals surface area contributed by atoms with E-state index in [2.05, 4.69) is 21.0 Å². The second kappa shape index (κ2) is 5.08. The third-order valence-electron chi connectivity index (χ3n) is 2.65. The van der Waals surface area contributed by atoms with E-state index in [-0.39, 0.29) is 0 Å². The molecule has 0 amide bonds. The minimum Gasteiger partial charge on any atom is -0.349 e. The van der Waals surface area contributed by atoms with Crippen molar-refractivity contribution in [2.24, 2.45) is 4.99 Å². The smallest absolute Gasteiger partial charge is 0.195 e. The molecule has 0 fully saturated rings. The fraction of sp³-hybridized carbons (Fsp3) is 0.385. The fourth-order valence-corrected chi connectivity index (χ4v) is 1.89. The van der Waals surface area contributed by atoms with Crippen LogP contribution in [-0.2, 0) is 6.54 Å². The molecule has 2 heterocycles. The van der Waals surface area contributed by atoms with E-state index in [1.807, 2.05) is 56.3 Å². The highest BCUT2D eigenvalue weighted by molar-refractivity contribution is 5.79. The molecule has 0 atom stereocenters. The van der Waals surface area contributed by atoms with Crippen molar-refractivity contribution in [2.75, 3.05) is 28.2 Å². The van der Waals surface area contributed by atoms with E-state index in [9.17, 15) is 0 Å². The lowest BCUT2D eigenvalue weighted by atomic mass is 10.3. The van der Waals surface area contributed by atoms with Crippen molar-refractivity contribution in [3.63, 3.8) is 0 Å². The molecule has 0 radical (unpaired) electrons. The Labute approximate surface area is 107 Å². The number of hydrogen-bond donors (Lipinski definition) is 1. The number of H-pyrrole nitrogens is 1. The van der Waals surface area contributed by atoms with Crippen LogP contribution in [0.1, 0.15) is 5.69 Å². The van der Waals surface area contributed by atoms with E-state index in [0.29, 0.717) is 6.54 Å². The monoisotopic (exact) mass is 245 g/mol. The highest BCUT2D eigenvalue weighted by Crippen LogP contribution is 2.10. The first-order chi connectivity index (χ1) is 8.58. The van der Waals surface area contributed by atoms with Crippen molar-refractivity contribution in [1.82, 2.24) is 19.8 Å². The Balaban J connectivity index is 2.19. The second-order valence-corrected chi connectivity index (χ2v) is 4.62. The van der Waals surface area contributed by atoms with Gasteiger partial charge in [0.05, 0.1) is 12.2 Å². The summed E-state index contributed by atoms with van der Waals surface area (Å²) < 4.78 is 0. The number of aliphatic imine (C=N–C) groups is 1. The van der Waals surface area contributed by atoms with Gasteiger partial charge in [0.25, 0.3) is 0 Å². The molecule has 0 aliphatic heterocycles. The molecule has 0 spiro atoms. The van der Waals surface area contributed by atoms with Crippen molar-refractivity contribution >= 4 is 17.0 Å². The normalized spacial score (nSPS) is 10.4. The van der Waals surface area contributed by atoms with Crippen LogP contribution in [0.25, 0.3) is 11.0 Å². The molecular weight excluding hydrogens is 226 g/mol. The van der Waals surface area contributed by atoms with Crippen LogP contribution in [0.2, 0.25) is 0 Å². The summed E-state index contributed by atoms with van der Waals surface area (Å²) in [5, 5.41) is 1.13. The summed E-state index contributed by atoms with van der Waals surface area (Å²) in [4.78, 5) is 16.2. The molecule has 0 saturated heterocycles. The van der Waals surface area contributed by atoms with Gasteiger partial charge in [-0.25, -0.2) is 9.98 Å². The van der Waals surface area contributed by atoms with E-state index >= 15 is 0 Å². The maximum Gasteiger partial charge on any atom is 0.195 e. The van der Waals surface area contributed by atoms with Crippen LogP contribution >= 0.6 is 0 Å². The van der Waals surface area contributed by atoms with E-state index < -0.39 is 0 Å². The molecule has 0 unspecified atom stereocenters. The molecule has 2 aromatic rings. The number of guanidine groups is 1. The SMILES string of the molecule is CN(C)C(=NCc1ccc2cc[nH]c2n1)N(C)C. The first-order valence-corrected chi connectivity index (χ1v) is 5.90. The lowest BCUT2D eigenvalue weighted by Crippen LogP contribution is -2.35. The number of nitrogens with one attached hydrogen (secondary N) is 1. The van der Waals surface area contributed by atoms with Crippen molar-refractivity contribution < 1.29 is 0 Å². The zero-order valence-electron chi connectivity index (χ0n) is 11.3. The molecule has 0 aliphatic carbocycles. The molecule has 96 valence electrons. The minimum absolute atomic E-state index is 0.584. The summed E-state index contributed by atoms with van der Waals surface area (Å²) >= 11 is 0. The molecule has 18 heavy (non-hydrogen) atoms. The maximum atomic E-state index is 4.58. The first-order valence-electron chi connectivity index (χ1n) is 5.90. The number of hydrogen-bond acceptors (Lipinski definition) is 2. The van der Waals surface area contributed by atoms with Crippen LogP contribution < -0.4 is 0 Å². The van der Waals surface area contributed by atoms with Gasteiger partial charge in [-0.1, -0.05) is 0 Å². The minimum atomic E-state index is 0.584. The van der Waals surface area contributed by atoms with E-state index in [1.165, 1.54) is 0 Å². The van der Waals surface area contributed by atoms with Gasteiger partial charge in [0.15, 0.2) is 5.96 Å². The topological polar surface area (TPSA) is 47.5 Å². The highest BCUT2D eigenvalue weighted by Gasteiger charge is 2.04. The Morgan fingerprint density at radius 1 is 1.17 bits per heavy atom. The Bertz CT molecular complexity index is 543. The van der Waals surface area contributed by atoms with Gasteiger partial charge in [-0.15, -0.1) is 0 Å². The lowest BCUT2D eigenvalue weighted by molar-refractivity contribution is 0.479. The van der Waals surface area contributed by atoms with Gasteiger partial charge >= 0.3 is 0 Å². The number of fused-ring (bicyclic) bond motifs is 1. The molecule has 0 aliphatic rings. The van der Waals surface area contributed by atoms with E-state index in [0.717, 1.165) is 22.7 Å². The van der Waals surface area contributed by atoms with Crippen LogP contribution in [-0.4, -0.2) is 53.9 Å². The third kappa shape index (κ3) is 2.61. The van der Waals surface area contributed by atoms with Crippen molar-refractivity contribution in [1.29, 1.82) is 0 Å². The van der Waals surface area contributed by atoms with Gasteiger partial charge in [0.1, 0.15) is 5.65 Å². The number of nitrogens with zero attached hydrogens (tertiary/aromatic N) is 4. The van der Waals surface area contributed by atoms with Crippen molar-refractivity contribution in [3.8, 4) is 0 Å². The van der Waals surface area contributed by atoms with Crippen LogP contribution in [0.3, 0.4) is 0 Å². The average molecular weight is 245 g/mol. The largest absolute Gasteiger partial charge is 0.349 e. The molecule has 0 aromatic carbocycles. The zero-order chi connectivity index (χ0) is 13.1. The molecular formula is C13H19N5. The zero-order valence-corrected chi connectivity index (χ0v) is 11.3. The quantitative estimate of drug-likeness (QED) is 0.645. The van der Waals surface area contributed by atoms with Gasteiger partial charge in [-0.05, 0) is 18.2 Å². The van der Waals surface area contributed by atoms with Crippen LogP contribution in [0.5, 0.6) is 0 Å². The van der Waals surface area contributed by atoms with Crippen LogP contribution in [0.15, 0.2) is 29.4 Å². The first kappa shape index (κ1) is 12.4. The standard InChI is InChI=1S/C13H19N5/c1-17(2)13(18(3)4)15-9-11-6-5-10-7-8-14-12(10)16-11/h5-8H,9H2,1-4H3,(H,14,16). The Hall–Kier alpha value is -2.04. The van der Waals surface area contributed by atoms with Gasteiger partial charge in [0, 0.05) is 39.8 Å². The van der Waals surface area contributed by atoms with Crippen molar-refractivity contribution in [2.45, 2.75) is 6.54 Å². The maximum absolute atomic E-state index is 4.58. The Morgan fingerprint density at radius 3 is 2.56 bits per heavy atom. The second-order valence-electron chi connectivity index (χ2n) is 4.62. The summed E-state index contributed by atoms with van der Waals surface area (Å²) in [6.07, 6.45) is 1.90. The molecule has 0 bridgehead atoms. The summed E-state index contributed by atoms with van der Waals surface area (Å²) in [7, 11) is 7.95. The molecule has 2 rings (SSSR count). The van der Waals surface area contributed by atoms with Gasteiger partial charge in [-0.2, -0.15) is 0 Å². The third-order valence-corrected chi connectivity index (χ3v) is 2.65. The molecule has 2 aromatic heterocycles. The highest BCUT2D eigenvalue weighted by atomic mass is 15.3. The van der Waals surface area contributed by atoms with Crippen LogP contribution in [0, 0.1) is 0 Å². The summed E-state index contributed by atoms with van der Waals surface area (Å²) in [6.45, 7) is 0.584. The van der Waals surface area contributed by atoms with E-state index in [4.69, 9.17) is 0 Å². The number of aromatic amines is 1. The Kier molecular flexibility index (Phi) is 3.50. The molecule has 0 saturated carbocycles. The predicted molar refractivity (Wildman–Crippen MR) is 74.6 cm³/mol. The average Bonchev–Trinajstić information content (AvgIpc) is 2.75. The number of aromatic nitrogens is 2. The molecule has 1 N–H and O–H groups in total. The summed E-state index contributed by atoms with van der Waals surface area (Å²) in [5.41, 5.74) is 1.88. The molecule has 5 heteroatoms. The number of pyridine rings is 1. The lowest BCUT2D eigenvalue weighted by Gasteiger charge is -2.22. The Morgan fingerprint density at radius 2 is 1.89 bits per heavy atom. The van der Waals surface area contributed by atoms with E-state index in [1.54, 1.807) is 0 Å². The van der Waals surface area contributed by atoms with Gasteiger partial charge in [0.2, 0.25) is 0 Å². The van der Waals surface area contributed by atoms with Crippen molar-refractivity contribution in [3.05, 3.63) is 30.1 Å². The fourth-order valence-electron chi connectivity index (χ4n) is 1.89. The number of rotatable bonds is 2. The predicted octanol–water partition coefficient (Wildman–Crippen LogP) is 1.54. The molecule has 5 nitrogen and oxygen atoms in total. The van der Waals surface area contributed by atoms with Gasteiger partial charge in [-0.3, -0.25) is 0 Å². The summed E-state index contributed by atoms with van der Waals surface area (Å²) in [6, 6.07) is 6.09. The van der Waals surface area contributed by atoms with Gasteiger partial charge < -0.3 is 14.8 Å².